The molecule has 2 aromatic rings. The van der Waals surface area contributed by atoms with Crippen molar-refractivity contribution in [3.8, 4) is 5.75 Å². The van der Waals surface area contributed by atoms with E-state index in [1.165, 1.54) is 6.20 Å². The van der Waals surface area contributed by atoms with Crippen LogP contribution in [0.1, 0.15) is 35.5 Å². The van der Waals surface area contributed by atoms with E-state index in [1.807, 2.05) is 13.8 Å². The molecule has 0 radical (unpaired) electrons. The Morgan fingerprint density at radius 3 is 2.74 bits per heavy atom. The van der Waals surface area contributed by atoms with Crippen molar-refractivity contribution >= 4 is 27.6 Å². The van der Waals surface area contributed by atoms with Crippen molar-refractivity contribution in [1.82, 2.24) is 4.98 Å². The molecule has 10 heteroatoms. The van der Waals surface area contributed by atoms with Crippen molar-refractivity contribution in [2.24, 2.45) is 15.9 Å². The van der Waals surface area contributed by atoms with E-state index in [0.717, 1.165) is 0 Å². The number of nitrogens with two attached hydrogens (primary N) is 2. The number of benzene rings is 1. The van der Waals surface area contributed by atoms with Crippen molar-refractivity contribution in [2.45, 2.75) is 19.3 Å². The highest BCUT2D eigenvalue weighted by Crippen LogP contribution is 2.32. The molecule has 0 fully saturated rings. The number of carbonyl (C=O) groups excluding carboxylic acids is 1. The van der Waals surface area contributed by atoms with E-state index in [0.29, 0.717) is 28.3 Å². The lowest BCUT2D eigenvalue weighted by atomic mass is 9.89. The average molecular weight is 389 g/mol. The SMILES string of the molecule is CC(C)(COc1cccc2c1C(N)=NS(=O)(=O)N2)c1cc(C(N)=O)ccn1. The number of hydrogen-bond donors (Lipinski definition) is 3. The average Bonchev–Trinajstić information content (AvgIpc) is 2.58. The van der Waals surface area contributed by atoms with E-state index in [2.05, 4.69) is 14.1 Å². The Morgan fingerprint density at radius 2 is 2.04 bits per heavy atom. The minimum Gasteiger partial charge on any atom is -0.492 e. The summed E-state index contributed by atoms with van der Waals surface area (Å²) in [5, 5.41) is 0. The van der Waals surface area contributed by atoms with E-state index < -0.39 is 21.5 Å². The molecule has 1 aromatic carbocycles. The van der Waals surface area contributed by atoms with Crippen molar-refractivity contribution in [1.29, 1.82) is 0 Å². The number of primary amides is 1. The number of rotatable bonds is 5. The number of fused-ring (bicyclic) bond motifs is 1. The molecule has 3 rings (SSSR count). The Kier molecular flexibility index (Phi) is 4.52. The predicted octanol–water partition coefficient (Wildman–Crippen LogP) is 0.913. The van der Waals surface area contributed by atoms with Crippen LogP contribution >= 0.6 is 0 Å². The fourth-order valence-corrected chi connectivity index (χ4v) is 3.47. The Hall–Kier alpha value is -3.14. The van der Waals surface area contributed by atoms with Gasteiger partial charge in [-0.05, 0) is 24.3 Å². The first-order chi connectivity index (χ1) is 12.6. The number of hydrogen-bond acceptors (Lipinski definition) is 6. The van der Waals surface area contributed by atoms with Gasteiger partial charge in [-0.25, -0.2) is 0 Å². The lowest BCUT2D eigenvalue weighted by molar-refractivity contribution is 0.1000. The van der Waals surface area contributed by atoms with Crippen molar-refractivity contribution in [3.63, 3.8) is 0 Å². The lowest BCUT2D eigenvalue weighted by Gasteiger charge is -2.26. The highest BCUT2D eigenvalue weighted by molar-refractivity contribution is 7.91. The number of aromatic nitrogens is 1. The topological polar surface area (TPSA) is 150 Å². The van der Waals surface area contributed by atoms with Gasteiger partial charge in [-0.3, -0.25) is 14.5 Å². The van der Waals surface area contributed by atoms with Crippen LogP contribution in [0.25, 0.3) is 0 Å². The van der Waals surface area contributed by atoms with Gasteiger partial charge < -0.3 is 16.2 Å². The van der Waals surface area contributed by atoms with Crippen LogP contribution in [-0.4, -0.2) is 31.8 Å². The molecular formula is C17H19N5O4S. The first kappa shape index (κ1) is 18.6. The predicted molar refractivity (Wildman–Crippen MR) is 101 cm³/mol. The van der Waals surface area contributed by atoms with Crippen LogP contribution in [0.3, 0.4) is 0 Å². The first-order valence-corrected chi connectivity index (χ1v) is 9.44. The van der Waals surface area contributed by atoms with E-state index in [1.54, 1.807) is 30.3 Å². The maximum Gasteiger partial charge on any atom is 0.344 e. The number of pyridine rings is 1. The fourth-order valence-electron chi connectivity index (χ4n) is 2.62. The molecule has 1 aromatic heterocycles. The second-order valence-corrected chi connectivity index (χ2v) is 8.04. The van der Waals surface area contributed by atoms with Crippen LogP contribution in [-0.2, 0) is 15.6 Å². The molecule has 27 heavy (non-hydrogen) atoms. The molecule has 1 aliphatic rings. The van der Waals surface area contributed by atoms with Gasteiger partial charge >= 0.3 is 10.2 Å². The Bertz CT molecular complexity index is 1050. The summed E-state index contributed by atoms with van der Waals surface area (Å²) in [6.07, 6.45) is 1.51. The summed E-state index contributed by atoms with van der Waals surface area (Å²) in [7, 11) is -3.86. The monoisotopic (exact) mass is 389 g/mol. The molecule has 142 valence electrons. The summed E-state index contributed by atoms with van der Waals surface area (Å²) in [5.41, 5.74) is 12.2. The molecule has 0 saturated carbocycles. The fraction of sp³-hybridized carbons (Fsp3) is 0.235. The zero-order valence-electron chi connectivity index (χ0n) is 14.8. The number of ether oxygens (including phenoxy) is 1. The van der Waals surface area contributed by atoms with Crippen LogP contribution in [0, 0.1) is 0 Å². The Balaban J connectivity index is 1.88. The summed E-state index contributed by atoms with van der Waals surface area (Å²) in [5.74, 6) is -0.301. The normalized spacial score (nSPS) is 15.3. The lowest BCUT2D eigenvalue weighted by Crippen LogP contribution is -2.30. The molecular weight excluding hydrogens is 370 g/mol. The summed E-state index contributed by atoms with van der Waals surface area (Å²) in [6.45, 7) is 3.99. The number of anilines is 1. The maximum atomic E-state index is 11.7. The highest BCUT2D eigenvalue weighted by atomic mass is 32.2. The second-order valence-electron chi connectivity index (χ2n) is 6.70. The van der Waals surface area contributed by atoms with Gasteiger partial charge in [0.2, 0.25) is 5.91 Å². The molecule has 0 spiro atoms. The number of carbonyl (C=O) groups is 1. The molecule has 0 unspecified atom stereocenters. The zero-order valence-corrected chi connectivity index (χ0v) is 15.6. The third kappa shape index (κ3) is 3.85. The largest absolute Gasteiger partial charge is 0.492 e. The Labute approximate surface area is 156 Å². The van der Waals surface area contributed by atoms with Crippen molar-refractivity contribution in [2.75, 3.05) is 11.3 Å². The summed E-state index contributed by atoms with van der Waals surface area (Å²) in [6, 6.07) is 8.05. The summed E-state index contributed by atoms with van der Waals surface area (Å²) < 4.78 is 35.0. The van der Waals surface area contributed by atoms with E-state index in [9.17, 15) is 13.2 Å². The van der Waals surface area contributed by atoms with Gasteiger partial charge in [-0.15, -0.1) is 4.40 Å². The Morgan fingerprint density at radius 1 is 1.30 bits per heavy atom. The number of nitrogens with one attached hydrogen (secondary N) is 1. The zero-order chi connectivity index (χ0) is 19.8. The molecule has 9 nitrogen and oxygen atoms in total. The number of amides is 1. The molecule has 0 bridgehead atoms. The molecule has 1 aliphatic heterocycles. The standard InChI is InChI=1S/C17H19N5O4S/c1-17(2,13-8-10(16(19)23)6-7-20-13)9-26-12-5-3-4-11-14(12)15(18)22-27(24,25)21-11/h3-8,21H,9H2,1-2H3,(H2,18,22)(H2,19,23). The number of amidine groups is 1. The van der Waals surface area contributed by atoms with Gasteiger partial charge in [0.05, 0.1) is 23.6 Å². The van der Waals surface area contributed by atoms with Gasteiger partial charge in [0.15, 0.2) is 5.84 Å². The summed E-state index contributed by atoms with van der Waals surface area (Å²) >= 11 is 0. The minimum absolute atomic E-state index is 0.147. The van der Waals surface area contributed by atoms with Crippen LogP contribution in [0.15, 0.2) is 40.9 Å². The van der Waals surface area contributed by atoms with Gasteiger partial charge in [0.1, 0.15) is 5.75 Å². The molecule has 5 N–H and O–H groups in total. The highest BCUT2D eigenvalue weighted by Gasteiger charge is 2.28. The van der Waals surface area contributed by atoms with Crippen molar-refractivity contribution in [3.05, 3.63) is 53.3 Å². The van der Waals surface area contributed by atoms with Crippen LogP contribution in [0.5, 0.6) is 5.75 Å². The van der Waals surface area contributed by atoms with Gasteiger partial charge in [0, 0.05) is 17.2 Å². The van der Waals surface area contributed by atoms with Crippen LogP contribution in [0.2, 0.25) is 0 Å². The smallest absolute Gasteiger partial charge is 0.344 e. The minimum atomic E-state index is -3.86. The van der Waals surface area contributed by atoms with E-state index in [4.69, 9.17) is 16.2 Å². The molecule has 0 aliphatic carbocycles. The van der Waals surface area contributed by atoms with Gasteiger partial charge in [-0.1, -0.05) is 19.9 Å². The molecule has 1 amide bonds. The third-order valence-corrected chi connectivity index (χ3v) is 4.98. The maximum absolute atomic E-state index is 11.7. The first-order valence-electron chi connectivity index (χ1n) is 8.00. The van der Waals surface area contributed by atoms with Crippen molar-refractivity contribution < 1.29 is 17.9 Å². The summed E-state index contributed by atoms with van der Waals surface area (Å²) in [4.78, 5) is 15.7. The third-order valence-electron chi connectivity index (χ3n) is 4.07. The van der Waals surface area contributed by atoms with E-state index >= 15 is 0 Å². The van der Waals surface area contributed by atoms with Gasteiger partial charge in [-0.2, -0.15) is 8.42 Å². The second kappa shape index (κ2) is 6.54. The van der Waals surface area contributed by atoms with Gasteiger partial charge in [0.25, 0.3) is 0 Å². The molecule has 2 heterocycles. The molecule has 0 saturated heterocycles. The number of nitrogens with zero attached hydrogens (tertiary/aromatic N) is 2. The van der Waals surface area contributed by atoms with Crippen LogP contribution < -0.4 is 20.9 Å². The molecule has 0 atom stereocenters. The van der Waals surface area contributed by atoms with E-state index in [-0.39, 0.29) is 12.4 Å². The quantitative estimate of drug-likeness (QED) is 0.692. The van der Waals surface area contributed by atoms with Crippen LogP contribution in [0.4, 0.5) is 5.69 Å².